The monoisotopic (exact) mass is 264 g/mol. The third-order valence-corrected chi connectivity index (χ3v) is 2.78. The molecule has 0 unspecified atom stereocenters. The third kappa shape index (κ3) is 2.51. The minimum atomic E-state index is -1.09. The molecule has 0 amide bonds. The largest absolute Gasteiger partial charge is 0.478 e. The van der Waals surface area contributed by atoms with Crippen molar-refractivity contribution in [2.24, 2.45) is 0 Å². The van der Waals surface area contributed by atoms with Crippen molar-refractivity contribution in [3.8, 4) is 11.1 Å². The van der Waals surface area contributed by atoms with Gasteiger partial charge in [-0.2, -0.15) is 0 Å². The fourth-order valence-electron chi connectivity index (χ4n) is 1.83. The van der Waals surface area contributed by atoms with E-state index in [0.29, 0.717) is 16.1 Å². The molecule has 0 heterocycles. The van der Waals surface area contributed by atoms with Crippen molar-refractivity contribution in [2.75, 3.05) is 0 Å². The number of halogens is 2. The van der Waals surface area contributed by atoms with Crippen LogP contribution < -0.4 is 0 Å². The zero-order valence-corrected chi connectivity index (χ0v) is 10.3. The maximum atomic E-state index is 13.3. The molecule has 2 aromatic carbocycles. The Bertz CT molecular complexity index is 603. The smallest absolute Gasteiger partial charge is 0.336 e. The molecule has 0 aliphatic carbocycles. The van der Waals surface area contributed by atoms with Crippen LogP contribution in [0.1, 0.15) is 15.9 Å². The summed E-state index contributed by atoms with van der Waals surface area (Å²) in [7, 11) is 0. The first-order valence-corrected chi connectivity index (χ1v) is 5.65. The summed E-state index contributed by atoms with van der Waals surface area (Å²) in [6, 6.07) is 8.73. The molecule has 0 atom stereocenters. The summed E-state index contributed by atoms with van der Waals surface area (Å²) in [6.45, 7) is 1.84. The Morgan fingerprint density at radius 3 is 2.56 bits per heavy atom. The molecule has 0 spiro atoms. The van der Waals surface area contributed by atoms with Gasteiger partial charge < -0.3 is 5.11 Å². The zero-order valence-electron chi connectivity index (χ0n) is 9.58. The van der Waals surface area contributed by atoms with E-state index in [1.165, 1.54) is 12.1 Å². The maximum Gasteiger partial charge on any atom is 0.336 e. The van der Waals surface area contributed by atoms with Crippen LogP contribution >= 0.6 is 11.6 Å². The van der Waals surface area contributed by atoms with Crippen LogP contribution in [0.5, 0.6) is 0 Å². The molecule has 0 radical (unpaired) electrons. The van der Waals surface area contributed by atoms with Crippen LogP contribution in [0.4, 0.5) is 4.39 Å². The van der Waals surface area contributed by atoms with Gasteiger partial charge in [0.2, 0.25) is 0 Å². The number of hydrogen-bond acceptors (Lipinski definition) is 1. The van der Waals surface area contributed by atoms with Crippen molar-refractivity contribution >= 4 is 17.6 Å². The maximum absolute atomic E-state index is 13.3. The molecule has 18 heavy (non-hydrogen) atoms. The number of hydrogen-bond donors (Lipinski definition) is 1. The number of carboxylic acids is 1. The average Bonchev–Trinajstić information content (AvgIpc) is 2.27. The van der Waals surface area contributed by atoms with Gasteiger partial charge in [0.15, 0.2) is 0 Å². The zero-order chi connectivity index (χ0) is 13.3. The summed E-state index contributed by atoms with van der Waals surface area (Å²) in [6.07, 6.45) is 0. The summed E-state index contributed by atoms with van der Waals surface area (Å²) >= 11 is 5.93. The van der Waals surface area contributed by atoms with Gasteiger partial charge in [-0.05, 0) is 53.9 Å². The van der Waals surface area contributed by atoms with Crippen LogP contribution in [0.25, 0.3) is 11.1 Å². The van der Waals surface area contributed by atoms with Crippen LogP contribution in [0.15, 0.2) is 36.4 Å². The number of benzene rings is 2. The second kappa shape index (κ2) is 4.78. The first kappa shape index (κ1) is 12.6. The molecule has 4 heteroatoms. The van der Waals surface area contributed by atoms with Crippen molar-refractivity contribution in [1.82, 2.24) is 0 Å². The van der Waals surface area contributed by atoms with Gasteiger partial charge in [0.25, 0.3) is 0 Å². The highest BCUT2D eigenvalue weighted by Crippen LogP contribution is 2.28. The highest BCUT2D eigenvalue weighted by atomic mass is 35.5. The molecule has 0 aliphatic heterocycles. The van der Waals surface area contributed by atoms with E-state index in [4.69, 9.17) is 16.7 Å². The lowest BCUT2D eigenvalue weighted by Gasteiger charge is -2.08. The molecule has 2 nitrogen and oxygen atoms in total. The fraction of sp³-hybridized carbons (Fsp3) is 0.0714. The van der Waals surface area contributed by atoms with Crippen LogP contribution in [0.2, 0.25) is 5.02 Å². The molecule has 1 N–H and O–H groups in total. The Morgan fingerprint density at radius 1 is 1.22 bits per heavy atom. The minimum absolute atomic E-state index is 0.0538. The Balaban J connectivity index is 2.68. The third-order valence-electron chi connectivity index (χ3n) is 2.57. The van der Waals surface area contributed by atoms with E-state index in [1.54, 1.807) is 18.2 Å². The number of aryl methyl sites for hydroxylation is 1. The van der Waals surface area contributed by atoms with Gasteiger partial charge in [0.1, 0.15) is 5.82 Å². The summed E-state index contributed by atoms with van der Waals surface area (Å²) in [5.41, 5.74) is 1.86. The Morgan fingerprint density at radius 2 is 1.94 bits per heavy atom. The summed E-state index contributed by atoms with van der Waals surface area (Å²) in [5, 5.41) is 9.59. The van der Waals surface area contributed by atoms with Crippen molar-refractivity contribution in [3.05, 3.63) is 58.4 Å². The highest BCUT2D eigenvalue weighted by molar-refractivity contribution is 6.31. The van der Waals surface area contributed by atoms with E-state index >= 15 is 0 Å². The number of rotatable bonds is 2. The van der Waals surface area contributed by atoms with E-state index in [1.807, 2.05) is 6.92 Å². The van der Waals surface area contributed by atoms with Crippen LogP contribution in [0, 0.1) is 12.7 Å². The van der Waals surface area contributed by atoms with E-state index in [2.05, 4.69) is 0 Å². The lowest BCUT2D eigenvalue weighted by molar-refractivity contribution is 0.0697. The highest BCUT2D eigenvalue weighted by Gasteiger charge is 2.13. The molecule has 2 rings (SSSR count). The summed E-state index contributed by atoms with van der Waals surface area (Å²) in [4.78, 5) is 11.1. The summed E-state index contributed by atoms with van der Waals surface area (Å²) < 4.78 is 13.3. The van der Waals surface area contributed by atoms with Gasteiger partial charge in [-0.1, -0.05) is 17.7 Å². The van der Waals surface area contributed by atoms with Crippen molar-refractivity contribution in [3.63, 3.8) is 0 Å². The first-order valence-electron chi connectivity index (χ1n) is 5.28. The Labute approximate surface area is 109 Å². The van der Waals surface area contributed by atoms with Crippen molar-refractivity contribution in [2.45, 2.75) is 6.92 Å². The topological polar surface area (TPSA) is 37.3 Å². The molecule has 0 fully saturated rings. The molecule has 0 saturated carbocycles. The lowest BCUT2D eigenvalue weighted by atomic mass is 9.98. The van der Waals surface area contributed by atoms with Crippen molar-refractivity contribution < 1.29 is 14.3 Å². The first-order chi connectivity index (χ1) is 8.47. The Hall–Kier alpha value is -1.87. The molecule has 0 bridgehead atoms. The van der Waals surface area contributed by atoms with Crippen molar-refractivity contribution in [1.29, 1.82) is 0 Å². The van der Waals surface area contributed by atoms with E-state index in [-0.39, 0.29) is 5.56 Å². The Kier molecular flexibility index (Phi) is 3.34. The van der Waals surface area contributed by atoms with Gasteiger partial charge in [-0.25, -0.2) is 9.18 Å². The number of aromatic carboxylic acids is 1. The van der Waals surface area contributed by atoms with Gasteiger partial charge in [0.05, 0.1) is 5.56 Å². The molecular formula is C14H10ClFO2. The van der Waals surface area contributed by atoms with E-state index < -0.39 is 11.8 Å². The number of carboxylic acid groups (broad SMARTS) is 1. The molecule has 0 aliphatic rings. The second-order valence-electron chi connectivity index (χ2n) is 4.01. The minimum Gasteiger partial charge on any atom is -0.478 e. The van der Waals surface area contributed by atoms with E-state index in [0.717, 1.165) is 11.6 Å². The molecule has 0 aromatic heterocycles. The van der Waals surface area contributed by atoms with Crippen LogP contribution in [-0.2, 0) is 0 Å². The normalized spacial score (nSPS) is 10.4. The quantitative estimate of drug-likeness (QED) is 0.885. The molecule has 2 aromatic rings. The lowest BCUT2D eigenvalue weighted by Crippen LogP contribution is -2.00. The van der Waals surface area contributed by atoms with Gasteiger partial charge >= 0.3 is 5.97 Å². The van der Waals surface area contributed by atoms with Crippen LogP contribution in [-0.4, -0.2) is 11.1 Å². The summed E-state index contributed by atoms with van der Waals surface area (Å²) in [5.74, 6) is -1.57. The van der Waals surface area contributed by atoms with Gasteiger partial charge in [-0.15, -0.1) is 0 Å². The molecular weight excluding hydrogens is 255 g/mol. The predicted octanol–water partition coefficient (Wildman–Crippen LogP) is 4.15. The number of carbonyl (C=O) groups is 1. The van der Waals surface area contributed by atoms with Gasteiger partial charge in [-0.3, -0.25) is 0 Å². The predicted molar refractivity (Wildman–Crippen MR) is 68.5 cm³/mol. The fourth-order valence-corrected chi connectivity index (χ4v) is 2.12. The van der Waals surface area contributed by atoms with Gasteiger partial charge in [0, 0.05) is 5.02 Å². The standard InChI is InChI=1S/C14H10ClFO2/c1-8-4-9(6-10(15)5-8)13-7-11(16)2-3-12(13)14(17)18/h2-7H,1H3,(H,17,18). The van der Waals surface area contributed by atoms with E-state index in [9.17, 15) is 9.18 Å². The SMILES string of the molecule is Cc1cc(Cl)cc(-c2cc(F)ccc2C(=O)O)c1. The molecule has 92 valence electrons. The van der Waals surface area contributed by atoms with Crippen LogP contribution in [0.3, 0.4) is 0 Å². The average molecular weight is 265 g/mol. The second-order valence-corrected chi connectivity index (χ2v) is 4.45. The molecule has 0 saturated heterocycles.